The molecule has 2 rings (SSSR count). The fourth-order valence-corrected chi connectivity index (χ4v) is 2.14. The van der Waals surface area contributed by atoms with Gasteiger partial charge in [0.2, 0.25) is 5.89 Å². The van der Waals surface area contributed by atoms with E-state index in [2.05, 4.69) is 37.9 Å². The lowest BCUT2D eigenvalue weighted by Crippen LogP contribution is -2.11. The molecule has 2 N–H and O–H groups in total. The molecule has 108 valence electrons. The van der Waals surface area contributed by atoms with Crippen molar-refractivity contribution in [2.24, 2.45) is 5.73 Å². The first kappa shape index (κ1) is 14.6. The van der Waals surface area contributed by atoms with Crippen LogP contribution in [-0.4, -0.2) is 12.1 Å². The number of nitrogens with two attached hydrogens (primary N) is 1. The Morgan fingerprint density at radius 3 is 2.50 bits per heavy atom. The molecule has 0 aliphatic carbocycles. The topological polar surface area (TPSA) is 61.3 Å². The van der Waals surface area contributed by atoms with E-state index in [1.807, 2.05) is 13.0 Å². The number of benzene rings is 1. The largest absolute Gasteiger partial charge is 0.496 e. The van der Waals surface area contributed by atoms with E-state index in [9.17, 15) is 0 Å². The standard InChI is InChI=1S/C16H22N2O2/c1-10-15(20-14(9-17)18-10)12-8-11(16(2,3)4)6-7-13(12)19-5/h6-8H,9,17H2,1-5H3. The van der Waals surface area contributed by atoms with Crippen LogP contribution < -0.4 is 10.5 Å². The number of methoxy groups -OCH3 is 1. The van der Waals surface area contributed by atoms with E-state index in [4.69, 9.17) is 14.9 Å². The normalized spacial score (nSPS) is 11.7. The van der Waals surface area contributed by atoms with Crippen molar-refractivity contribution in [2.75, 3.05) is 7.11 Å². The van der Waals surface area contributed by atoms with Crippen molar-refractivity contribution in [1.82, 2.24) is 4.98 Å². The molecule has 20 heavy (non-hydrogen) atoms. The van der Waals surface area contributed by atoms with Gasteiger partial charge in [-0.05, 0) is 30.0 Å². The van der Waals surface area contributed by atoms with Crippen LogP contribution in [-0.2, 0) is 12.0 Å². The van der Waals surface area contributed by atoms with Gasteiger partial charge in [-0.15, -0.1) is 0 Å². The van der Waals surface area contributed by atoms with Crippen LogP contribution in [0.15, 0.2) is 22.6 Å². The van der Waals surface area contributed by atoms with Crippen LogP contribution in [0.2, 0.25) is 0 Å². The van der Waals surface area contributed by atoms with Gasteiger partial charge in [-0.3, -0.25) is 0 Å². The maximum atomic E-state index is 5.74. The van der Waals surface area contributed by atoms with Gasteiger partial charge < -0.3 is 14.9 Å². The summed E-state index contributed by atoms with van der Waals surface area (Å²) in [6.07, 6.45) is 0. The highest BCUT2D eigenvalue weighted by atomic mass is 16.5. The maximum absolute atomic E-state index is 5.74. The number of aromatic nitrogens is 1. The number of aryl methyl sites for hydroxylation is 1. The highest BCUT2D eigenvalue weighted by Gasteiger charge is 2.20. The Kier molecular flexibility index (Phi) is 3.86. The second-order valence-electron chi connectivity index (χ2n) is 5.89. The third kappa shape index (κ3) is 2.70. The summed E-state index contributed by atoms with van der Waals surface area (Å²) in [7, 11) is 1.66. The Hall–Kier alpha value is -1.81. The number of hydrogen-bond donors (Lipinski definition) is 1. The number of nitrogens with zero attached hydrogens (tertiary/aromatic N) is 1. The zero-order valence-corrected chi connectivity index (χ0v) is 12.8. The molecule has 1 aromatic carbocycles. The van der Waals surface area contributed by atoms with Crippen molar-refractivity contribution in [1.29, 1.82) is 0 Å². The Labute approximate surface area is 120 Å². The third-order valence-electron chi connectivity index (χ3n) is 3.33. The van der Waals surface area contributed by atoms with Gasteiger partial charge in [0, 0.05) is 0 Å². The van der Waals surface area contributed by atoms with Gasteiger partial charge in [-0.1, -0.05) is 26.8 Å². The average Bonchev–Trinajstić information content (AvgIpc) is 2.78. The van der Waals surface area contributed by atoms with Crippen molar-refractivity contribution >= 4 is 0 Å². The van der Waals surface area contributed by atoms with E-state index < -0.39 is 0 Å². The Morgan fingerprint density at radius 2 is 2.00 bits per heavy atom. The number of rotatable bonds is 3. The highest BCUT2D eigenvalue weighted by Crippen LogP contribution is 2.36. The monoisotopic (exact) mass is 274 g/mol. The molecular formula is C16H22N2O2. The minimum Gasteiger partial charge on any atom is -0.496 e. The molecule has 2 aromatic rings. The predicted molar refractivity (Wildman–Crippen MR) is 79.8 cm³/mol. The van der Waals surface area contributed by atoms with Crippen molar-refractivity contribution in [2.45, 2.75) is 39.7 Å². The SMILES string of the molecule is COc1ccc(C(C)(C)C)cc1-c1oc(CN)nc1C. The fraction of sp³-hybridized carbons (Fsp3) is 0.438. The van der Waals surface area contributed by atoms with Gasteiger partial charge in [0.25, 0.3) is 0 Å². The fourth-order valence-electron chi connectivity index (χ4n) is 2.14. The maximum Gasteiger partial charge on any atom is 0.208 e. The summed E-state index contributed by atoms with van der Waals surface area (Å²) < 4.78 is 11.2. The number of ether oxygens (including phenoxy) is 1. The highest BCUT2D eigenvalue weighted by molar-refractivity contribution is 5.69. The molecule has 0 radical (unpaired) electrons. The van der Waals surface area contributed by atoms with Crippen LogP contribution in [0.5, 0.6) is 5.75 Å². The van der Waals surface area contributed by atoms with Gasteiger partial charge in [-0.2, -0.15) is 0 Å². The lowest BCUT2D eigenvalue weighted by Gasteiger charge is -2.20. The molecule has 4 heteroatoms. The molecule has 0 bridgehead atoms. The average molecular weight is 274 g/mol. The van der Waals surface area contributed by atoms with Gasteiger partial charge in [0.05, 0.1) is 24.9 Å². The molecule has 0 fully saturated rings. The molecule has 0 atom stereocenters. The minimum atomic E-state index is 0.0612. The summed E-state index contributed by atoms with van der Waals surface area (Å²) in [4.78, 5) is 4.33. The quantitative estimate of drug-likeness (QED) is 0.931. The summed E-state index contributed by atoms with van der Waals surface area (Å²) in [6, 6.07) is 6.16. The molecule has 0 saturated heterocycles. The summed E-state index contributed by atoms with van der Waals surface area (Å²) in [5.41, 5.74) is 8.62. The van der Waals surface area contributed by atoms with Gasteiger partial charge in [-0.25, -0.2) is 4.98 Å². The van der Waals surface area contributed by atoms with Crippen molar-refractivity contribution in [3.63, 3.8) is 0 Å². The van der Waals surface area contributed by atoms with Crippen LogP contribution in [0, 0.1) is 6.92 Å². The van der Waals surface area contributed by atoms with Crippen LogP contribution in [0.4, 0.5) is 0 Å². The summed E-state index contributed by atoms with van der Waals surface area (Å²) in [5, 5.41) is 0. The van der Waals surface area contributed by atoms with Crippen molar-refractivity contribution in [3.05, 3.63) is 35.3 Å². The molecule has 0 amide bonds. The molecule has 1 aromatic heterocycles. The van der Waals surface area contributed by atoms with E-state index >= 15 is 0 Å². The summed E-state index contributed by atoms with van der Waals surface area (Å²) >= 11 is 0. The van der Waals surface area contributed by atoms with Crippen molar-refractivity contribution in [3.8, 4) is 17.1 Å². The van der Waals surface area contributed by atoms with Crippen LogP contribution in [0.25, 0.3) is 11.3 Å². The first-order valence-corrected chi connectivity index (χ1v) is 6.72. The predicted octanol–water partition coefficient (Wildman–Crippen LogP) is 3.41. The molecule has 0 spiro atoms. The number of hydrogen-bond acceptors (Lipinski definition) is 4. The van der Waals surface area contributed by atoms with E-state index in [0.717, 1.165) is 22.8 Å². The first-order valence-electron chi connectivity index (χ1n) is 6.72. The molecule has 0 saturated carbocycles. The van der Waals surface area contributed by atoms with Gasteiger partial charge in [0.15, 0.2) is 5.76 Å². The molecular weight excluding hydrogens is 252 g/mol. The molecule has 0 aliphatic heterocycles. The smallest absolute Gasteiger partial charge is 0.208 e. The Morgan fingerprint density at radius 1 is 1.30 bits per heavy atom. The second-order valence-corrected chi connectivity index (χ2v) is 5.89. The lowest BCUT2D eigenvalue weighted by atomic mass is 9.85. The summed E-state index contributed by atoms with van der Waals surface area (Å²) in [6.45, 7) is 8.74. The zero-order chi connectivity index (χ0) is 14.9. The zero-order valence-electron chi connectivity index (χ0n) is 12.8. The van der Waals surface area contributed by atoms with E-state index in [0.29, 0.717) is 12.4 Å². The van der Waals surface area contributed by atoms with E-state index in [-0.39, 0.29) is 5.41 Å². The second kappa shape index (κ2) is 5.29. The first-order chi connectivity index (χ1) is 9.36. The lowest BCUT2D eigenvalue weighted by molar-refractivity contribution is 0.413. The minimum absolute atomic E-state index is 0.0612. The Bertz CT molecular complexity index is 609. The molecule has 4 nitrogen and oxygen atoms in total. The Balaban J connectivity index is 2.61. The molecule has 1 heterocycles. The van der Waals surface area contributed by atoms with Gasteiger partial charge >= 0.3 is 0 Å². The van der Waals surface area contributed by atoms with Crippen molar-refractivity contribution < 1.29 is 9.15 Å². The third-order valence-corrected chi connectivity index (χ3v) is 3.33. The summed E-state index contributed by atoms with van der Waals surface area (Å²) in [5.74, 6) is 2.05. The van der Waals surface area contributed by atoms with E-state index in [1.54, 1.807) is 7.11 Å². The van der Waals surface area contributed by atoms with Gasteiger partial charge in [0.1, 0.15) is 5.75 Å². The molecule has 0 aliphatic rings. The van der Waals surface area contributed by atoms with Crippen LogP contribution in [0.3, 0.4) is 0 Å². The number of oxazole rings is 1. The van der Waals surface area contributed by atoms with Crippen LogP contribution in [0.1, 0.15) is 37.9 Å². The van der Waals surface area contributed by atoms with Crippen LogP contribution >= 0.6 is 0 Å². The molecule has 0 unspecified atom stereocenters. The van der Waals surface area contributed by atoms with E-state index in [1.165, 1.54) is 5.56 Å².